The van der Waals surface area contributed by atoms with Crippen molar-refractivity contribution in [2.24, 2.45) is 0 Å². The van der Waals surface area contributed by atoms with Gasteiger partial charge in [0.25, 0.3) is 0 Å². The van der Waals surface area contributed by atoms with Crippen LogP contribution in [0.1, 0.15) is 19.0 Å². The Labute approximate surface area is 149 Å². The van der Waals surface area contributed by atoms with Gasteiger partial charge in [0.15, 0.2) is 5.69 Å². The molecule has 1 aliphatic carbocycles. The molecule has 0 saturated heterocycles. The van der Waals surface area contributed by atoms with E-state index in [1.807, 2.05) is 6.08 Å². The summed E-state index contributed by atoms with van der Waals surface area (Å²) < 4.78 is 79.3. The highest BCUT2D eigenvalue weighted by molar-refractivity contribution is 8.07. The van der Waals surface area contributed by atoms with Crippen LogP contribution in [-0.4, -0.2) is 16.0 Å². The lowest BCUT2D eigenvalue weighted by Gasteiger charge is -2.26. The standard InChI is InChI=1S/C17H12F6N2S/c1-9(2)10-3-4-11-7-12(15(17(21,22)23)26-13(11)8-10)25-6-5-14(24-25)16(18,19)20/h3,5-8H,1,4H2,2H3. The second-order valence-corrected chi connectivity index (χ2v) is 6.83. The van der Waals surface area contributed by atoms with Crippen molar-refractivity contribution < 1.29 is 26.3 Å². The summed E-state index contributed by atoms with van der Waals surface area (Å²) in [5.74, 6) is 0. The van der Waals surface area contributed by atoms with Gasteiger partial charge < -0.3 is 0 Å². The number of fused-ring (bicyclic) bond motifs is 1. The van der Waals surface area contributed by atoms with E-state index in [-0.39, 0.29) is 0 Å². The van der Waals surface area contributed by atoms with Gasteiger partial charge in [-0.05, 0) is 42.7 Å². The van der Waals surface area contributed by atoms with Crippen LogP contribution in [0.25, 0.3) is 5.70 Å². The topological polar surface area (TPSA) is 17.8 Å². The Morgan fingerprint density at radius 2 is 1.85 bits per heavy atom. The summed E-state index contributed by atoms with van der Waals surface area (Å²) in [5.41, 5.74) is 0.393. The fourth-order valence-corrected chi connectivity index (χ4v) is 3.56. The number of nitrogens with zero attached hydrogens (tertiary/aromatic N) is 2. The number of rotatable bonds is 2. The minimum absolute atomic E-state index is 0.364. The first kappa shape index (κ1) is 18.6. The largest absolute Gasteiger partial charge is 0.435 e. The van der Waals surface area contributed by atoms with Crippen LogP contribution >= 0.6 is 11.8 Å². The van der Waals surface area contributed by atoms with Crippen LogP contribution in [0.15, 0.2) is 63.6 Å². The van der Waals surface area contributed by atoms with Gasteiger partial charge in [0.1, 0.15) is 4.91 Å². The Morgan fingerprint density at radius 1 is 1.15 bits per heavy atom. The molecule has 2 heterocycles. The summed E-state index contributed by atoms with van der Waals surface area (Å²) >= 11 is 0.487. The van der Waals surface area contributed by atoms with Gasteiger partial charge in [0.05, 0.1) is 5.70 Å². The summed E-state index contributed by atoms with van der Waals surface area (Å²) in [7, 11) is 0. The number of halogens is 6. The molecule has 0 bridgehead atoms. The molecule has 0 unspecified atom stereocenters. The lowest BCUT2D eigenvalue weighted by atomic mass is 9.97. The molecule has 1 aromatic rings. The minimum atomic E-state index is -4.73. The number of thioether (sulfide) groups is 1. The van der Waals surface area contributed by atoms with Crippen molar-refractivity contribution in [3.63, 3.8) is 0 Å². The second kappa shape index (κ2) is 6.22. The summed E-state index contributed by atoms with van der Waals surface area (Å²) in [4.78, 5) is -0.600. The van der Waals surface area contributed by atoms with Crippen molar-refractivity contribution in [1.29, 1.82) is 0 Å². The van der Waals surface area contributed by atoms with Crippen LogP contribution in [0, 0.1) is 0 Å². The molecule has 0 radical (unpaired) electrons. The molecule has 0 saturated carbocycles. The molecule has 26 heavy (non-hydrogen) atoms. The summed E-state index contributed by atoms with van der Waals surface area (Å²) in [6.45, 7) is 5.53. The van der Waals surface area contributed by atoms with E-state index < -0.39 is 28.6 Å². The van der Waals surface area contributed by atoms with E-state index in [9.17, 15) is 26.3 Å². The predicted molar refractivity (Wildman–Crippen MR) is 87.8 cm³/mol. The Bertz CT molecular complexity index is 893. The van der Waals surface area contributed by atoms with Crippen LogP contribution in [0.4, 0.5) is 26.3 Å². The quantitative estimate of drug-likeness (QED) is 0.568. The molecule has 1 aromatic heterocycles. The van der Waals surface area contributed by atoms with Crippen LogP contribution in [-0.2, 0) is 6.18 Å². The molecular weight excluding hydrogens is 378 g/mol. The van der Waals surface area contributed by atoms with Crippen molar-refractivity contribution in [1.82, 2.24) is 9.78 Å². The fourth-order valence-electron chi connectivity index (χ4n) is 2.51. The molecule has 0 atom stereocenters. The maximum absolute atomic E-state index is 13.5. The summed E-state index contributed by atoms with van der Waals surface area (Å²) in [6.07, 6.45) is -3.54. The van der Waals surface area contributed by atoms with Crippen molar-refractivity contribution in [3.8, 4) is 0 Å². The number of alkyl halides is 6. The van der Waals surface area contributed by atoms with Gasteiger partial charge in [-0.1, -0.05) is 30.0 Å². The van der Waals surface area contributed by atoms with Crippen LogP contribution in [0.3, 0.4) is 0 Å². The molecule has 138 valence electrons. The maximum atomic E-state index is 13.5. The molecule has 0 aromatic carbocycles. The zero-order valence-corrected chi connectivity index (χ0v) is 14.2. The zero-order chi connectivity index (χ0) is 19.3. The first-order valence-electron chi connectivity index (χ1n) is 7.38. The van der Waals surface area contributed by atoms with Crippen LogP contribution in [0.5, 0.6) is 0 Å². The normalized spacial score (nSPS) is 18.2. The van der Waals surface area contributed by atoms with E-state index in [0.717, 1.165) is 17.3 Å². The third kappa shape index (κ3) is 3.53. The van der Waals surface area contributed by atoms with E-state index in [2.05, 4.69) is 11.7 Å². The fraction of sp³-hybridized carbons (Fsp3) is 0.235. The minimum Gasteiger partial charge on any atom is -0.239 e. The van der Waals surface area contributed by atoms with E-state index >= 15 is 0 Å². The predicted octanol–water partition coefficient (Wildman–Crippen LogP) is 6.10. The lowest BCUT2D eigenvalue weighted by molar-refractivity contribution is -0.141. The van der Waals surface area contributed by atoms with Crippen molar-refractivity contribution in [2.45, 2.75) is 25.7 Å². The molecule has 0 amide bonds. The molecule has 0 N–H and O–H groups in total. The Kier molecular flexibility index (Phi) is 4.46. The molecule has 1 aliphatic heterocycles. The third-order valence-corrected chi connectivity index (χ3v) is 5.02. The highest BCUT2D eigenvalue weighted by Gasteiger charge is 2.41. The monoisotopic (exact) mass is 390 g/mol. The van der Waals surface area contributed by atoms with Gasteiger partial charge in [0.2, 0.25) is 0 Å². The third-order valence-electron chi connectivity index (χ3n) is 3.78. The van der Waals surface area contributed by atoms with Gasteiger partial charge in [-0.25, -0.2) is 4.68 Å². The molecule has 2 nitrogen and oxygen atoms in total. The SMILES string of the molecule is C=C(C)C1=CCC2=CC(n3ccc(C(F)(F)F)n3)=C(C(F)(F)F)SC2=C1. The number of hydrogen-bond donors (Lipinski definition) is 0. The van der Waals surface area contributed by atoms with E-state index in [1.165, 1.54) is 6.08 Å². The first-order valence-corrected chi connectivity index (χ1v) is 8.19. The van der Waals surface area contributed by atoms with Gasteiger partial charge in [-0.3, -0.25) is 0 Å². The average Bonchev–Trinajstić information content (AvgIpc) is 3.02. The second-order valence-electron chi connectivity index (χ2n) is 5.78. The molecule has 0 spiro atoms. The van der Waals surface area contributed by atoms with E-state index in [4.69, 9.17) is 0 Å². The van der Waals surface area contributed by atoms with Gasteiger partial charge in [-0.2, -0.15) is 31.4 Å². The van der Waals surface area contributed by atoms with E-state index in [1.54, 1.807) is 13.0 Å². The first-order chi connectivity index (χ1) is 12.0. The molecular formula is C17H12F6N2S. The van der Waals surface area contributed by atoms with Crippen molar-refractivity contribution in [2.75, 3.05) is 0 Å². The van der Waals surface area contributed by atoms with Crippen LogP contribution < -0.4 is 0 Å². The van der Waals surface area contributed by atoms with Gasteiger partial charge in [0, 0.05) is 11.1 Å². The molecule has 0 fully saturated rings. The Morgan fingerprint density at radius 3 is 2.38 bits per heavy atom. The highest BCUT2D eigenvalue weighted by Crippen LogP contribution is 2.50. The summed E-state index contributed by atoms with van der Waals surface area (Å²) in [6, 6.07) is 0.648. The smallest absolute Gasteiger partial charge is 0.239 e. The van der Waals surface area contributed by atoms with Crippen LogP contribution in [0.2, 0.25) is 0 Å². The average molecular weight is 390 g/mol. The number of aromatic nitrogens is 2. The maximum Gasteiger partial charge on any atom is 0.435 e. The number of hydrogen-bond acceptors (Lipinski definition) is 2. The summed E-state index contributed by atoms with van der Waals surface area (Å²) in [5, 5.41) is 3.28. The van der Waals surface area contributed by atoms with Gasteiger partial charge >= 0.3 is 12.4 Å². The van der Waals surface area contributed by atoms with Crippen molar-refractivity contribution >= 4 is 17.5 Å². The van der Waals surface area contributed by atoms with E-state index in [0.29, 0.717) is 39.4 Å². The lowest BCUT2D eigenvalue weighted by Crippen LogP contribution is -2.18. The molecule has 3 rings (SSSR count). The Hall–Kier alpha value is -2.16. The Balaban J connectivity index is 2.09. The zero-order valence-electron chi connectivity index (χ0n) is 13.4. The van der Waals surface area contributed by atoms with Gasteiger partial charge in [-0.15, -0.1) is 0 Å². The number of allylic oxidation sites excluding steroid dienone is 8. The van der Waals surface area contributed by atoms with Crippen molar-refractivity contribution in [3.05, 3.63) is 69.3 Å². The molecule has 9 heteroatoms. The highest BCUT2D eigenvalue weighted by atomic mass is 32.2. The molecule has 2 aliphatic rings.